The molecule has 3 nitrogen and oxygen atoms in total. The zero-order chi connectivity index (χ0) is 17.1. The molecule has 22 heavy (non-hydrogen) atoms. The van der Waals surface area contributed by atoms with E-state index in [4.69, 9.17) is 27.9 Å². The molecule has 1 unspecified atom stereocenters. The summed E-state index contributed by atoms with van der Waals surface area (Å²) in [7, 11) is 1.71. The van der Waals surface area contributed by atoms with Gasteiger partial charge in [-0.1, -0.05) is 35.3 Å². The molecule has 0 aliphatic rings. The van der Waals surface area contributed by atoms with E-state index in [0.29, 0.717) is 16.5 Å². The average Bonchev–Trinajstić information content (AvgIpc) is 2.39. The standard InChI is InChI=1S/C17H23Cl2NO2/c1-7-10-17(5,12-8-9-13(18)14(19)11-12)20(6)15(21)22-16(2,3)4/h7-9,11H,1,10H2,2-6H3. The van der Waals surface area contributed by atoms with Crippen molar-refractivity contribution in [2.75, 3.05) is 7.05 Å². The molecule has 0 aromatic heterocycles. The van der Waals surface area contributed by atoms with Crippen molar-refractivity contribution in [1.29, 1.82) is 0 Å². The van der Waals surface area contributed by atoms with Gasteiger partial charge in [-0.05, 0) is 51.8 Å². The number of carbonyl (C=O) groups excluding carboxylic acids is 1. The van der Waals surface area contributed by atoms with Crippen molar-refractivity contribution in [2.24, 2.45) is 0 Å². The number of rotatable bonds is 4. The van der Waals surface area contributed by atoms with Gasteiger partial charge in [0.15, 0.2) is 0 Å². The van der Waals surface area contributed by atoms with Gasteiger partial charge in [0.05, 0.1) is 15.6 Å². The van der Waals surface area contributed by atoms with Crippen molar-refractivity contribution >= 4 is 29.3 Å². The molecular weight excluding hydrogens is 321 g/mol. The van der Waals surface area contributed by atoms with Gasteiger partial charge in [0.2, 0.25) is 0 Å². The Morgan fingerprint density at radius 3 is 2.32 bits per heavy atom. The molecule has 1 aromatic carbocycles. The van der Waals surface area contributed by atoms with Crippen LogP contribution in [0.15, 0.2) is 30.9 Å². The van der Waals surface area contributed by atoms with Crippen LogP contribution in [-0.4, -0.2) is 23.6 Å². The summed E-state index contributed by atoms with van der Waals surface area (Å²) in [5.41, 5.74) is -0.314. The van der Waals surface area contributed by atoms with Gasteiger partial charge in [-0.15, -0.1) is 6.58 Å². The third-order valence-corrected chi connectivity index (χ3v) is 4.23. The third kappa shape index (κ3) is 4.40. The zero-order valence-corrected chi connectivity index (χ0v) is 15.3. The van der Waals surface area contributed by atoms with E-state index in [2.05, 4.69) is 6.58 Å². The third-order valence-electron chi connectivity index (χ3n) is 3.49. The molecule has 1 aromatic rings. The monoisotopic (exact) mass is 343 g/mol. The lowest BCUT2D eigenvalue weighted by Gasteiger charge is -2.39. The van der Waals surface area contributed by atoms with Crippen LogP contribution < -0.4 is 0 Å². The normalized spacial score (nSPS) is 14.1. The second kappa shape index (κ2) is 6.93. The molecule has 1 rings (SSSR count). The summed E-state index contributed by atoms with van der Waals surface area (Å²) in [6.07, 6.45) is 1.92. The van der Waals surface area contributed by atoms with E-state index in [-0.39, 0.29) is 0 Å². The van der Waals surface area contributed by atoms with Crippen molar-refractivity contribution in [3.8, 4) is 0 Å². The molecule has 5 heteroatoms. The van der Waals surface area contributed by atoms with Crippen LogP contribution in [0.3, 0.4) is 0 Å². The van der Waals surface area contributed by atoms with E-state index in [9.17, 15) is 4.79 Å². The Morgan fingerprint density at radius 2 is 1.86 bits per heavy atom. The number of ether oxygens (including phenoxy) is 1. The molecule has 0 aliphatic heterocycles. The maximum atomic E-state index is 12.4. The van der Waals surface area contributed by atoms with Crippen LogP contribution in [0.4, 0.5) is 4.79 Å². The summed E-state index contributed by atoms with van der Waals surface area (Å²) in [5, 5.41) is 0.929. The highest BCUT2D eigenvalue weighted by Crippen LogP contribution is 2.35. The number of carbonyl (C=O) groups is 1. The van der Waals surface area contributed by atoms with Gasteiger partial charge in [-0.25, -0.2) is 4.79 Å². The van der Waals surface area contributed by atoms with Gasteiger partial charge in [0.1, 0.15) is 5.60 Å². The fourth-order valence-corrected chi connectivity index (χ4v) is 2.39. The predicted molar refractivity (Wildman–Crippen MR) is 92.6 cm³/mol. The van der Waals surface area contributed by atoms with Crippen molar-refractivity contribution in [2.45, 2.75) is 45.3 Å². The summed E-state index contributed by atoms with van der Waals surface area (Å²) in [6.45, 7) is 11.2. The Labute approximate surface area is 142 Å². The van der Waals surface area contributed by atoms with Gasteiger partial charge in [-0.3, -0.25) is 0 Å². The smallest absolute Gasteiger partial charge is 0.410 e. The van der Waals surface area contributed by atoms with Gasteiger partial charge in [0.25, 0.3) is 0 Å². The molecule has 0 fully saturated rings. The lowest BCUT2D eigenvalue weighted by molar-refractivity contribution is 0.00760. The largest absolute Gasteiger partial charge is 0.444 e. The molecule has 0 aliphatic carbocycles. The second-order valence-electron chi connectivity index (χ2n) is 6.43. The minimum absolute atomic E-state index is 0.400. The molecule has 0 radical (unpaired) electrons. The first-order chi connectivity index (χ1) is 10.0. The number of benzene rings is 1. The van der Waals surface area contributed by atoms with Gasteiger partial charge < -0.3 is 9.64 Å². The van der Waals surface area contributed by atoms with Crippen molar-refractivity contribution in [3.63, 3.8) is 0 Å². The van der Waals surface area contributed by atoms with Crippen LogP contribution in [0.25, 0.3) is 0 Å². The summed E-state index contributed by atoms with van der Waals surface area (Å²) in [6, 6.07) is 5.36. The molecule has 0 heterocycles. The van der Waals surface area contributed by atoms with E-state index in [0.717, 1.165) is 5.56 Å². The minimum Gasteiger partial charge on any atom is -0.444 e. The van der Waals surface area contributed by atoms with Crippen LogP contribution in [0.1, 0.15) is 39.7 Å². The molecule has 0 saturated heterocycles. The predicted octanol–water partition coefficient (Wildman–Crippen LogP) is 5.65. The minimum atomic E-state index is -0.627. The van der Waals surface area contributed by atoms with Crippen molar-refractivity contribution in [3.05, 3.63) is 46.5 Å². The first-order valence-electron chi connectivity index (χ1n) is 7.04. The van der Waals surface area contributed by atoms with Crippen LogP contribution >= 0.6 is 23.2 Å². The Hall–Kier alpha value is -1.19. The highest BCUT2D eigenvalue weighted by molar-refractivity contribution is 6.42. The number of hydrogen-bond donors (Lipinski definition) is 0. The first kappa shape index (κ1) is 18.9. The van der Waals surface area contributed by atoms with E-state index < -0.39 is 17.2 Å². The van der Waals surface area contributed by atoms with E-state index in [1.807, 2.05) is 33.8 Å². The number of amides is 1. The maximum absolute atomic E-state index is 12.4. The molecule has 0 N–H and O–H groups in total. The number of hydrogen-bond acceptors (Lipinski definition) is 2. The number of nitrogens with zero attached hydrogens (tertiary/aromatic N) is 1. The fraction of sp³-hybridized carbons (Fsp3) is 0.471. The molecule has 1 amide bonds. The Kier molecular flexibility index (Phi) is 5.94. The average molecular weight is 344 g/mol. The molecule has 122 valence electrons. The lowest BCUT2D eigenvalue weighted by Crippen LogP contribution is -2.46. The van der Waals surface area contributed by atoms with Crippen LogP contribution in [-0.2, 0) is 10.3 Å². The fourth-order valence-electron chi connectivity index (χ4n) is 2.09. The van der Waals surface area contributed by atoms with E-state index in [1.54, 1.807) is 30.2 Å². The highest BCUT2D eigenvalue weighted by Gasteiger charge is 2.36. The Bertz CT molecular complexity index is 566. The summed E-state index contributed by atoms with van der Waals surface area (Å²) < 4.78 is 5.46. The maximum Gasteiger partial charge on any atom is 0.410 e. The molecular formula is C17H23Cl2NO2. The summed E-state index contributed by atoms with van der Waals surface area (Å²) in [5.74, 6) is 0. The SMILES string of the molecule is C=CCC(C)(c1ccc(Cl)c(Cl)c1)N(C)C(=O)OC(C)(C)C. The molecule has 0 saturated carbocycles. The summed E-state index contributed by atoms with van der Waals surface area (Å²) >= 11 is 12.1. The first-order valence-corrected chi connectivity index (χ1v) is 7.80. The molecule has 1 atom stereocenters. The number of halogens is 2. The van der Waals surface area contributed by atoms with Gasteiger partial charge in [-0.2, -0.15) is 0 Å². The molecule has 0 bridgehead atoms. The van der Waals surface area contributed by atoms with E-state index in [1.165, 1.54) is 0 Å². The second-order valence-corrected chi connectivity index (χ2v) is 7.25. The zero-order valence-electron chi connectivity index (χ0n) is 13.7. The topological polar surface area (TPSA) is 29.5 Å². The quantitative estimate of drug-likeness (QED) is 0.661. The van der Waals surface area contributed by atoms with Crippen LogP contribution in [0.2, 0.25) is 10.0 Å². The highest BCUT2D eigenvalue weighted by atomic mass is 35.5. The Balaban J connectivity index is 3.21. The van der Waals surface area contributed by atoms with E-state index >= 15 is 0 Å². The molecule has 0 spiro atoms. The van der Waals surface area contributed by atoms with Crippen LogP contribution in [0.5, 0.6) is 0 Å². The van der Waals surface area contributed by atoms with Gasteiger partial charge in [0, 0.05) is 7.05 Å². The van der Waals surface area contributed by atoms with Crippen LogP contribution in [0, 0.1) is 0 Å². The van der Waals surface area contributed by atoms with Crippen molar-refractivity contribution < 1.29 is 9.53 Å². The Morgan fingerprint density at radius 1 is 1.27 bits per heavy atom. The summed E-state index contributed by atoms with van der Waals surface area (Å²) in [4.78, 5) is 14.0. The lowest BCUT2D eigenvalue weighted by atomic mass is 9.87. The van der Waals surface area contributed by atoms with Crippen molar-refractivity contribution in [1.82, 2.24) is 4.90 Å². The van der Waals surface area contributed by atoms with Gasteiger partial charge >= 0.3 is 6.09 Å².